The summed E-state index contributed by atoms with van der Waals surface area (Å²) in [7, 11) is 0. The summed E-state index contributed by atoms with van der Waals surface area (Å²) in [6.07, 6.45) is 3.37. The Labute approximate surface area is 94.4 Å². The lowest BCUT2D eigenvalue weighted by atomic mass is 10.1. The standard InChI is InChI=1S/C10H6FIN2/c11-9-3-1-2-7(4-9)8-5-13-10(12)14-6-8/h1-6H. The number of aromatic nitrogens is 2. The largest absolute Gasteiger partial charge is 0.231 e. The van der Waals surface area contributed by atoms with Gasteiger partial charge in [-0.15, -0.1) is 0 Å². The van der Waals surface area contributed by atoms with Crippen LogP contribution in [0.5, 0.6) is 0 Å². The smallest absolute Gasteiger partial charge is 0.190 e. The van der Waals surface area contributed by atoms with Gasteiger partial charge in [0, 0.05) is 40.5 Å². The van der Waals surface area contributed by atoms with E-state index < -0.39 is 0 Å². The van der Waals surface area contributed by atoms with Gasteiger partial charge in [0.25, 0.3) is 0 Å². The highest BCUT2D eigenvalue weighted by Gasteiger charge is 1.99. The Morgan fingerprint density at radius 1 is 1.07 bits per heavy atom. The van der Waals surface area contributed by atoms with Crippen LogP contribution in [0.1, 0.15) is 0 Å². The van der Waals surface area contributed by atoms with E-state index in [1.807, 2.05) is 28.7 Å². The molecule has 0 bridgehead atoms. The predicted octanol–water partition coefficient (Wildman–Crippen LogP) is 2.89. The van der Waals surface area contributed by atoms with Crippen LogP contribution in [-0.4, -0.2) is 9.97 Å². The second-order valence-corrected chi connectivity index (χ2v) is 3.72. The summed E-state index contributed by atoms with van der Waals surface area (Å²) in [5.74, 6) is -0.249. The average Bonchev–Trinajstić information content (AvgIpc) is 2.19. The van der Waals surface area contributed by atoms with Gasteiger partial charge in [-0.05, 0) is 17.7 Å². The third-order valence-electron chi connectivity index (χ3n) is 1.78. The monoisotopic (exact) mass is 300 g/mol. The highest BCUT2D eigenvalue weighted by Crippen LogP contribution is 2.18. The van der Waals surface area contributed by atoms with E-state index in [1.54, 1.807) is 18.5 Å². The third-order valence-corrected chi connectivity index (χ3v) is 2.34. The Hall–Kier alpha value is -1.04. The highest BCUT2D eigenvalue weighted by molar-refractivity contribution is 14.1. The Kier molecular flexibility index (Phi) is 2.72. The van der Waals surface area contributed by atoms with E-state index in [0.717, 1.165) is 11.1 Å². The number of halogens is 2. The van der Waals surface area contributed by atoms with Gasteiger partial charge in [-0.2, -0.15) is 0 Å². The topological polar surface area (TPSA) is 25.8 Å². The summed E-state index contributed by atoms with van der Waals surface area (Å²) in [4.78, 5) is 8.08. The summed E-state index contributed by atoms with van der Waals surface area (Å²) < 4.78 is 13.6. The molecule has 2 aromatic rings. The minimum atomic E-state index is -0.249. The van der Waals surface area contributed by atoms with Gasteiger partial charge in [-0.25, -0.2) is 14.4 Å². The molecule has 2 nitrogen and oxygen atoms in total. The average molecular weight is 300 g/mol. The van der Waals surface area contributed by atoms with E-state index in [0.29, 0.717) is 3.83 Å². The number of hydrogen-bond acceptors (Lipinski definition) is 2. The molecule has 0 aliphatic heterocycles. The molecule has 0 spiro atoms. The van der Waals surface area contributed by atoms with Crippen LogP contribution in [0.15, 0.2) is 36.7 Å². The Balaban J connectivity index is 2.44. The van der Waals surface area contributed by atoms with Gasteiger partial charge in [0.1, 0.15) is 5.82 Å². The van der Waals surface area contributed by atoms with Gasteiger partial charge in [0.2, 0.25) is 0 Å². The Bertz CT molecular complexity index is 442. The van der Waals surface area contributed by atoms with Crippen molar-refractivity contribution >= 4 is 22.6 Å². The Morgan fingerprint density at radius 2 is 1.79 bits per heavy atom. The van der Waals surface area contributed by atoms with Gasteiger partial charge in [0.15, 0.2) is 3.83 Å². The van der Waals surface area contributed by atoms with E-state index in [4.69, 9.17) is 0 Å². The number of rotatable bonds is 1. The second kappa shape index (κ2) is 4.00. The summed E-state index contributed by atoms with van der Waals surface area (Å²) in [5.41, 5.74) is 1.62. The number of hydrogen-bond donors (Lipinski definition) is 0. The normalized spacial score (nSPS) is 10.1. The minimum absolute atomic E-state index is 0.249. The van der Waals surface area contributed by atoms with Crippen LogP contribution in [0.3, 0.4) is 0 Å². The zero-order valence-electron chi connectivity index (χ0n) is 7.11. The fourth-order valence-corrected chi connectivity index (χ4v) is 1.41. The van der Waals surface area contributed by atoms with Crippen molar-refractivity contribution in [3.05, 3.63) is 46.3 Å². The van der Waals surface area contributed by atoms with Gasteiger partial charge in [0.05, 0.1) is 0 Å². The molecule has 0 aliphatic carbocycles. The lowest BCUT2D eigenvalue weighted by Gasteiger charge is -1.99. The first-order chi connectivity index (χ1) is 6.75. The second-order valence-electron chi connectivity index (χ2n) is 2.75. The molecule has 4 heteroatoms. The molecule has 0 aliphatic rings. The summed E-state index contributed by atoms with van der Waals surface area (Å²) in [6, 6.07) is 6.37. The van der Waals surface area contributed by atoms with Gasteiger partial charge in [-0.1, -0.05) is 12.1 Å². The maximum Gasteiger partial charge on any atom is 0.190 e. The zero-order valence-corrected chi connectivity index (χ0v) is 9.27. The van der Waals surface area contributed by atoms with Crippen molar-refractivity contribution in [1.82, 2.24) is 9.97 Å². The van der Waals surface area contributed by atoms with Crippen LogP contribution in [0, 0.1) is 9.65 Å². The zero-order chi connectivity index (χ0) is 9.97. The van der Waals surface area contributed by atoms with E-state index in [9.17, 15) is 4.39 Å². The third kappa shape index (κ3) is 2.06. The van der Waals surface area contributed by atoms with E-state index >= 15 is 0 Å². The molecule has 1 heterocycles. The summed E-state index contributed by atoms with van der Waals surface area (Å²) >= 11 is 2.03. The van der Waals surface area contributed by atoms with E-state index in [2.05, 4.69) is 9.97 Å². The molecular weight excluding hydrogens is 294 g/mol. The van der Waals surface area contributed by atoms with Gasteiger partial charge in [-0.3, -0.25) is 0 Å². The minimum Gasteiger partial charge on any atom is -0.231 e. The van der Waals surface area contributed by atoms with Crippen molar-refractivity contribution in [2.75, 3.05) is 0 Å². The van der Waals surface area contributed by atoms with Crippen LogP contribution in [0.25, 0.3) is 11.1 Å². The van der Waals surface area contributed by atoms with Crippen LogP contribution < -0.4 is 0 Å². The highest BCUT2D eigenvalue weighted by atomic mass is 127. The fourth-order valence-electron chi connectivity index (χ4n) is 1.13. The summed E-state index contributed by atoms with van der Waals surface area (Å²) in [6.45, 7) is 0. The SMILES string of the molecule is Fc1cccc(-c2cnc(I)nc2)c1. The van der Waals surface area contributed by atoms with Crippen molar-refractivity contribution in [2.45, 2.75) is 0 Å². The lowest BCUT2D eigenvalue weighted by molar-refractivity contribution is 0.628. The Morgan fingerprint density at radius 3 is 2.43 bits per heavy atom. The molecule has 0 saturated heterocycles. The molecule has 1 aromatic carbocycles. The molecule has 2 rings (SSSR count). The molecule has 1 aromatic heterocycles. The first kappa shape index (κ1) is 9.51. The molecule has 0 saturated carbocycles. The quantitative estimate of drug-likeness (QED) is 0.598. The van der Waals surface area contributed by atoms with Gasteiger partial charge >= 0.3 is 0 Å². The maximum atomic E-state index is 12.9. The molecule has 0 N–H and O–H groups in total. The van der Waals surface area contributed by atoms with Crippen LogP contribution in [-0.2, 0) is 0 Å². The first-order valence-corrected chi connectivity index (χ1v) is 5.07. The summed E-state index contributed by atoms with van der Waals surface area (Å²) in [5, 5.41) is 0. The van der Waals surface area contributed by atoms with Crippen LogP contribution >= 0.6 is 22.6 Å². The molecule has 0 fully saturated rings. The lowest BCUT2D eigenvalue weighted by Crippen LogP contribution is -1.87. The molecule has 0 unspecified atom stereocenters. The molecule has 14 heavy (non-hydrogen) atoms. The molecule has 0 radical (unpaired) electrons. The molecule has 0 amide bonds. The van der Waals surface area contributed by atoms with E-state index in [-0.39, 0.29) is 5.82 Å². The van der Waals surface area contributed by atoms with Crippen LogP contribution in [0.4, 0.5) is 4.39 Å². The van der Waals surface area contributed by atoms with Crippen molar-refractivity contribution in [1.29, 1.82) is 0 Å². The van der Waals surface area contributed by atoms with Crippen LogP contribution in [0.2, 0.25) is 0 Å². The maximum absolute atomic E-state index is 12.9. The van der Waals surface area contributed by atoms with Crippen molar-refractivity contribution in [2.24, 2.45) is 0 Å². The van der Waals surface area contributed by atoms with Crippen molar-refractivity contribution < 1.29 is 4.39 Å². The number of nitrogens with zero attached hydrogens (tertiary/aromatic N) is 2. The first-order valence-electron chi connectivity index (χ1n) is 3.99. The molecule has 70 valence electrons. The van der Waals surface area contributed by atoms with E-state index in [1.165, 1.54) is 12.1 Å². The molecule has 0 atom stereocenters. The van der Waals surface area contributed by atoms with Gasteiger partial charge < -0.3 is 0 Å². The van der Waals surface area contributed by atoms with Crippen molar-refractivity contribution in [3.8, 4) is 11.1 Å². The molecular formula is C10H6FIN2. The fraction of sp³-hybridized carbons (Fsp3) is 0. The van der Waals surface area contributed by atoms with Crippen molar-refractivity contribution in [3.63, 3.8) is 0 Å². The predicted molar refractivity (Wildman–Crippen MR) is 60.1 cm³/mol. The number of benzene rings is 1.